The van der Waals surface area contributed by atoms with E-state index in [1.165, 1.54) is 4.31 Å². The molecule has 0 spiro atoms. The van der Waals surface area contributed by atoms with Crippen molar-refractivity contribution in [1.82, 2.24) is 4.31 Å². The van der Waals surface area contributed by atoms with E-state index in [9.17, 15) is 8.42 Å². The molecule has 0 radical (unpaired) electrons. The molecule has 0 unspecified atom stereocenters. The van der Waals surface area contributed by atoms with Crippen molar-refractivity contribution in [2.75, 3.05) is 19.6 Å². The summed E-state index contributed by atoms with van der Waals surface area (Å²) in [5, 5.41) is 0. The Balaban J connectivity index is 2.19. The summed E-state index contributed by atoms with van der Waals surface area (Å²) in [6.07, 6.45) is 0.661. The number of hydrogen-bond donors (Lipinski definition) is 1. The van der Waals surface area contributed by atoms with E-state index < -0.39 is 10.0 Å². The summed E-state index contributed by atoms with van der Waals surface area (Å²) in [5.74, 6) is 0. The van der Waals surface area contributed by atoms with Gasteiger partial charge in [0.1, 0.15) is 0 Å². The fraction of sp³-hybridized carbons (Fsp3) is 0.250. The highest BCUT2D eigenvalue weighted by Crippen LogP contribution is 2.20. The molecule has 0 aliphatic carbocycles. The van der Waals surface area contributed by atoms with Gasteiger partial charge in [0.2, 0.25) is 10.0 Å². The van der Waals surface area contributed by atoms with Crippen LogP contribution in [0, 0.1) is 0 Å². The topological polar surface area (TPSA) is 63.4 Å². The number of hydrogen-bond acceptors (Lipinski definition) is 3. The molecule has 6 heteroatoms. The van der Waals surface area contributed by atoms with Crippen molar-refractivity contribution in [3.8, 4) is 0 Å². The van der Waals surface area contributed by atoms with Crippen molar-refractivity contribution in [3.05, 3.63) is 64.6 Å². The third kappa shape index (κ3) is 4.39. The Morgan fingerprint density at radius 3 is 2.36 bits per heavy atom. The fourth-order valence-corrected chi connectivity index (χ4v) is 4.22. The van der Waals surface area contributed by atoms with E-state index in [0.717, 1.165) is 10.0 Å². The van der Waals surface area contributed by atoms with Crippen LogP contribution in [0.3, 0.4) is 0 Å². The summed E-state index contributed by atoms with van der Waals surface area (Å²) < 4.78 is 27.7. The minimum absolute atomic E-state index is 0.281. The zero-order valence-electron chi connectivity index (χ0n) is 12.2. The van der Waals surface area contributed by atoms with Crippen LogP contribution in [0.5, 0.6) is 0 Å². The van der Waals surface area contributed by atoms with Crippen LogP contribution in [0.4, 0.5) is 0 Å². The molecule has 0 heterocycles. The lowest BCUT2D eigenvalue weighted by Gasteiger charge is -2.21. The summed E-state index contributed by atoms with van der Waals surface area (Å²) >= 11 is 3.31. The molecule has 0 fully saturated rings. The minimum Gasteiger partial charge on any atom is -0.329 e. The molecule has 118 valence electrons. The second kappa shape index (κ2) is 7.87. The van der Waals surface area contributed by atoms with Gasteiger partial charge in [-0.3, -0.25) is 0 Å². The molecule has 22 heavy (non-hydrogen) atoms. The first-order valence-electron chi connectivity index (χ1n) is 7.04. The first-order chi connectivity index (χ1) is 10.5. The maximum absolute atomic E-state index is 12.7. The largest absolute Gasteiger partial charge is 0.329 e. The van der Waals surface area contributed by atoms with Crippen molar-refractivity contribution < 1.29 is 8.42 Å². The van der Waals surface area contributed by atoms with Gasteiger partial charge in [0.15, 0.2) is 0 Å². The summed E-state index contributed by atoms with van der Waals surface area (Å²) in [6.45, 7) is 1.01. The molecule has 0 aliphatic heterocycles. The van der Waals surface area contributed by atoms with Gasteiger partial charge in [-0.1, -0.05) is 52.3 Å². The molecule has 2 aromatic rings. The van der Waals surface area contributed by atoms with Gasteiger partial charge in [-0.25, -0.2) is 8.42 Å². The fourth-order valence-electron chi connectivity index (χ4n) is 2.17. The van der Waals surface area contributed by atoms with Crippen LogP contribution in [0.15, 0.2) is 64.0 Å². The molecule has 2 rings (SSSR count). The zero-order chi connectivity index (χ0) is 16.0. The highest BCUT2D eigenvalue weighted by molar-refractivity contribution is 9.10. The molecule has 0 bridgehead atoms. The smallest absolute Gasteiger partial charge is 0.243 e. The van der Waals surface area contributed by atoms with Gasteiger partial charge in [0.05, 0.1) is 4.90 Å². The van der Waals surface area contributed by atoms with Gasteiger partial charge in [0.25, 0.3) is 0 Å². The number of nitrogens with zero attached hydrogens (tertiary/aromatic N) is 1. The van der Waals surface area contributed by atoms with Crippen LogP contribution < -0.4 is 5.73 Å². The van der Waals surface area contributed by atoms with E-state index in [1.807, 2.05) is 30.3 Å². The average Bonchev–Trinajstić information content (AvgIpc) is 2.52. The van der Waals surface area contributed by atoms with Crippen LogP contribution >= 0.6 is 15.9 Å². The van der Waals surface area contributed by atoms with E-state index in [1.54, 1.807) is 24.3 Å². The first-order valence-corrected chi connectivity index (χ1v) is 9.27. The Morgan fingerprint density at radius 2 is 1.73 bits per heavy atom. The van der Waals surface area contributed by atoms with Crippen molar-refractivity contribution >= 4 is 26.0 Å². The Hall–Kier alpha value is -1.21. The summed E-state index contributed by atoms with van der Waals surface area (Å²) in [7, 11) is -3.53. The van der Waals surface area contributed by atoms with Crippen LogP contribution in [0.25, 0.3) is 0 Å². The molecular formula is C16H19BrN2O2S. The van der Waals surface area contributed by atoms with Crippen molar-refractivity contribution in [2.24, 2.45) is 5.73 Å². The average molecular weight is 383 g/mol. The Labute approximate surface area is 140 Å². The maximum Gasteiger partial charge on any atom is 0.243 e. The van der Waals surface area contributed by atoms with E-state index in [-0.39, 0.29) is 4.90 Å². The van der Waals surface area contributed by atoms with Gasteiger partial charge < -0.3 is 5.73 Å². The van der Waals surface area contributed by atoms with Gasteiger partial charge in [0, 0.05) is 24.1 Å². The number of halogens is 1. The predicted molar refractivity (Wildman–Crippen MR) is 92.1 cm³/mol. The van der Waals surface area contributed by atoms with Crippen LogP contribution in [-0.4, -0.2) is 32.4 Å². The molecule has 0 saturated carbocycles. The Bertz CT molecular complexity index is 705. The molecule has 0 aromatic heterocycles. The van der Waals surface area contributed by atoms with Crippen LogP contribution in [-0.2, 0) is 16.4 Å². The normalized spacial score (nSPS) is 11.8. The minimum atomic E-state index is -3.53. The quantitative estimate of drug-likeness (QED) is 0.800. The van der Waals surface area contributed by atoms with E-state index in [4.69, 9.17) is 5.73 Å². The third-order valence-corrected chi connectivity index (χ3v) is 5.69. The number of rotatable bonds is 7. The monoisotopic (exact) mass is 382 g/mol. The third-order valence-electron chi connectivity index (χ3n) is 3.31. The zero-order valence-corrected chi connectivity index (χ0v) is 14.6. The molecule has 0 amide bonds. The predicted octanol–water partition coefficient (Wildman–Crippen LogP) is 2.64. The standard InChI is InChI=1S/C16H19BrN2O2S/c17-15-7-4-8-16(13-15)22(20,21)19(12-10-18)11-9-14-5-2-1-3-6-14/h1-8,13H,9-12,18H2. The first kappa shape index (κ1) is 17.1. The van der Waals surface area contributed by atoms with Crippen LogP contribution in [0.2, 0.25) is 0 Å². The van der Waals surface area contributed by atoms with Crippen molar-refractivity contribution in [2.45, 2.75) is 11.3 Å². The molecule has 0 aliphatic rings. The maximum atomic E-state index is 12.7. The molecule has 0 saturated heterocycles. The number of nitrogens with two attached hydrogens (primary N) is 1. The summed E-state index contributed by atoms with van der Waals surface area (Å²) in [4.78, 5) is 0.281. The lowest BCUT2D eigenvalue weighted by Crippen LogP contribution is -2.36. The molecule has 2 N–H and O–H groups in total. The van der Waals surface area contributed by atoms with E-state index in [0.29, 0.717) is 26.1 Å². The van der Waals surface area contributed by atoms with Crippen molar-refractivity contribution in [3.63, 3.8) is 0 Å². The van der Waals surface area contributed by atoms with Gasteiger partial charge in [-0.15, -0.1) is 0 Å². The summed E-state index contributed by atoms with van der Waals surface area (Å²) in [6, 6.07) is 16.6. The van der Waals surface area contributed by atoms with Gasteiger partial charge in [-0.05, 0) is 30.2 Å². The number of sulfonamides is 1. The second-order valence-electron chi connectivity index (χ2n) is 4.89. The van der Waals surface area contributed by atoms with E-state index >= 15 is 0 Å². The Morgan fingerprint density at radius 1 is 1.00 bits per heavy atom. The number of benzene rings is 2. The lowest BCUT2D eigenvalue weighted by molar-refractivity contribution is 0.421. The molecule has 4 nitrogen and oxygen atoms in total. The second-order valence-corrected chi connectivity index (χ2v) is 7.74. The Kier molecular flexibility index (Phi) is 6.14. The van der Waals surface area contributed by atoms with Crippen molar-refractivity contribution in [1.29, 1.82) is 0 Å². The highest BCUT2D eigenvalue weighted by atomic mass is 79.9. The van der Waals surface area contributed by atoms with E-state index in [2.05, 4.69) is 15.9 Å². The lowest BCUT2D eigenvalue weighted by atomic mass is 10.1. The molecular weight excluding hydrogens is 364 g/mol. The van der Waals surface area contributed by atoms with Gasteiger partial charge >= 0.3 is 0 Å². The molecule has 0 atom stereocenters. The summed E-state index contributed by atoms with van der Waals surface area (Å²) in [5.41, 5.74) is 6.69. The SMILES string of the molecule is NCCN(CCc1ccccc1)S(=O)(=O)c1cccc(Br)c1. The van der Waals surface area contributed by atoms with Crippen LogP contribution in [0.1, 0.15) is 5.56 Å². The highest BCUT2D eigenvalue weighted by Gasteiger charge is 2.23. The molecule has 2 aromatic carbocycles. The van der Waals surface area contributed by atoms with Gasteiger partial charge in [-0.2, -0.15) is 4.31 Å².